The van der Waals surface area contributed by atoms with Gasteiger partial charge in [0.25, 0.3) is 0 Å². The number of hydrogen-bond acceptors (Lipinski definition) is 1. The molecule has 0 saturated carbocycles. The third kappa shape index (κ3) is 2.94. The molecule has 1 heteroatoms. The van der Waals surface area contributed by atoms with E-state index in [0.29, 0.717) is 0 Å². The number of allylic oxidation sites excluding steroid dienone is 5. The van der Waals surface area contributed by atoms with E-state index in [1.807, 2.05) is 12.2 Å². The lowest BCUT2D eigenvalue weighted by Gasteiger charge is -2.21. The van der Waals surface area contributed by atoms with Crippen LogP contribution in [-0.4, -0.2) is 7.05 Å². The molecule has 0 bridgehead atoms. The van der Waals surface area contributed by atoms with Crippen molar-refractivity contribution in [3.05, 3.63) is 79.0 Å². The van der Waals surface area contributed by atoms with E-state index in [0.717, 1.165) is 0 Å². The van der Waals surface area contributed by atoms with E-state index in [-0.39, 0.29) is 0 Å². The van der Waals surface area contributed by atoms with Crippen molar-refractivity contribution >= 4 is 16.5 Å². The molecule has 0 fully saturated rings. The zero-order valence-electron chi connectivity index (χ0n) is 11.5. The smallest absolute Gasteiger partial charge is 0.0485 e. The minimum Gasteiger partial charge on any atom is -0.348 e. The van der Waals surface area contributed by atoms with Crippen LogP contribution in [0, 0.1) is 0 Å². The normalized spacial score (nSPS) is 12.0. The van der Waals surface area contributed by atoms with E-state index in [1.165, 1.54) is 22.2 Å². The van der Waals surface area contributed by atoms with Gasteiger partial charge in [0.05, 0.1) is 0 Å². The second kappa shape index (κ2) is 6.05. The van der Waals surface area contributed by atoms with Crippen LogP contribution in [0.4, 0.5) is 5.69 Å². The molecule has 0 heterocycles. The molecule has 0 aliphatic heterocycles. The maximum absolute atomic E-state index is 3.67. The molecular weight excluding hydrogens is 230 g/mol. The maximum atomic E-state index is 3.67. The fraction of sp³-hybridized carbons (Fsp3) is 0.111. The fourth-order valence-electron chi connectivity index (χ4n) is 2.08. The van der Waals surface area contributed by atoms with Gasteiger partial charge in [0.1, 0.15) is 0 Å². The van der Waals surface area contributed by atoms with Crippen molar-refractivity contribution in [2.24, 2.45) is 0 Å². The van der Waals surface area contributed by atoms with Crippen molar-refractivity contribution in [1.82, 2.24) is 0 Å². The number of benzene rings is 2. The van der Waals surface area contributed by atoms with Gasteiger partial charge in [0.2, 0.25) is 0 Å². The summed E-state index contributed by atoms with van der Waals surface area (Å²) in [4.78, 5) is 2.20. The highest BCUT2D eigenvalue weighted by molar-refractivity contribution is 5.94. The topological polar surface area (TPSA) is 3.24 Å². The second-order valence-corrected chi connectivity index (χ2v) is 4.49. The average Bonchev–Trinajstić information content (AvgIpc) is 2.46. The number of hydrogen-bond donors (Lipinski definition) is 0. The predicted octanol–water partition coefficient (Wildman–Crippen LogP) is 4.92. The highest BCUT2D eigenvalue weighted by Crippen LogP contribution is 2.27. The summed E-state index contributed by atoms with van der Waals surface area (Å²) in [6, 6.07) is 14.8. The lowest BCUT2D eigenvalue weighted by atomic mass is 10.1. The third-order valence-electron chi connectivity index (χ3n) is 3.24. The SMILES string of the molecule is C=C/C=C\C=C(/C)N(C)c1cccc2ccccc12. The van der Waals surface area contributed by atoms with Crippen molar-refractivity contribution < 1.29 is 0 Å². The van der Waals surface area contributed by atoms with E-state index in [4.69, 9.17) is 0 Å². The number of nitrogens with zero attached hydrogens (tertiary/aromatic N) is 1. The van der Waals surface area contributed by atoms with Crippen LogP contribution < -0.4 is 4.90 Å². The largest absolute Gasteiger partial charge is 0.348 e. The summed E-state index contributed by atoms with van der Waals surface area (Å²) >= 11 is 0. The lowest BCUT2D eigenvalue weighted by Crippen LogP contribution is -2.14. The average molecular weight is 249 g/mol. The Morgan fingerprint density at radius 2 is 1.79 bits per heavy atom. The Balaban J connectivity index is 2.41. The van der Waals surface area contributed by atoms with Crippen LogP contribution in [0.3, 0.4) is 0 Å². The summed E-state index contributed by atoms with van der Waals surface area (Å²) in [7, 11) is 2.09. The zero-order valence-corrected chi connectivity index (χ0v) is 11.5. The van der Waals surface area contributed by atoms with E-state index < -0.39 is 0 Å². The Morgan fingerprint density at radius 1 is 1.05 bits per heavy atom. The molecule has 2 aromatic rings. The Kier molecular flexibility index (Phi) is 4.19. The van der Waals surface area contributed by atoms with E-state index in [9.17, 15) is 0 Å². The van der Waals surface area contributed by atoms with Gasteiger partial charge in [-0.15, -0.1) is 0 Å². The quantitative estimate of drug-likeness (QED) is 0.695. The molecular formula is C18H19N. The van der Waals surface area contributed by atoms with Gasteiger partial charge in [-0.25, -0.2) is 0 Å². The molecule has 2 aromatic carbocycles. The second-order valence-electron chi connectivity index (χ2n) is 4.49. The molecule has 0 aliphatic carbocycles. The van der Waals surface area contributed by atoms with Crippen molar-refractivity contribution in [3.63, 3.8) is 0 Å². The first kappa shape index (κ1) is 13.2. The minimum absolute atomic E-state index is 1.19. The lowest BCUT2D eigenvalue weighted by molar-refractivity contribution is 1.10. The Bertz CT molecular complexity index is 630. The Labute approximate surface area is 115 Å². The molecule has 0 aromatic heterocycles. The molecule has 0 atom stereocenters. The molecule has 0 amide bonds. The van der Waals surface area contributed by atoms with E-state index >= 15 is 0 Å². The molecule has 19 heavy (non-hydrogen) atoms. The summed E-state index contributed by atoms with van der Waals surface area (Å²) < 4.78 is 0. The maximum Gasteiger partial charge on any atom is 0.0485 e. The van der Waals surface area contributed by atoms with Crippen LogP contribution in [-0.2, 0) is 0 Å². The first-order chi connectivity index (χ1) is 9.24. The summed E-state index contributed by atoms with van der Waals surface area (Å²) in [5.41, 5.74) is 2.41. The summed E-state index contributed by atoms with van der Waals surface area (Å²) in [5.74, 6) is 0. The molecule has 0 saturated heterocycles. The van der Waals surface area contributed by atoms with Gasteiger partial charge in [0, 0.05) is 23.8 Å². The number of anilines is 1. The van der Waals surface area contributed by atoms with E-state index in [1.54, 1.807) is 6.08 Å². The van der Waals surface area contributed by atoms with Crippen LogP contribution in [0.5, 0.6) is 0 Å². The highest BCUT2D eigenvalue weighted by Gasteiger charge is 2.06. The van der Waals surface area contributed by atoms with E-state index in [2.05, 4.69) is 74.0 Å². The van der Waals surface area contributed by atoms with Gasteiger partial charge in [-0.05, 0) is 24.5 Å². The third-order valence-corrected chi connectivity index (χ3v) is 3.24. The fourth-order valence-corrected chi connectivity index (χ4v) is 2.08. The van der Waals surface area contributed by atoms with Crippen LogP contribution in [0.25, 0.3) is 10.8 Å². The standard InChI is InChI=1S/C18H19N/c1-4-5-6-10-15(2)19(3)18-14-9-12-16-11-7-8-13-17(16)18/h4-14H,1H2,2-3H3/b6-5-,15-10+. The minimum atomic E-state index is 1.19. The Hall–Kier alpha value is -2.28. The monoisotopic (exact) mass is 249 g/mol. The van der Waals surface area contributed by atoms with Crippen molar-refractivity contribution in [2.75, 3.05) is 11.9 Å². The molecule has 0 N–H and O–H groups in total. The summed E-state index contributed by atoms with van der Waals surface area (Å²) in [6.07, 6.45) is 7.80. The van der Waals surface area contributed by atoms with Gasteiger partial charge < -0.3 is 4.90 Å². The molecule has 0 spiro atoms. The van der Waals surface area contributed by atoms with Gasteiger partial charge >= 0.3 is 0 Å². The molecule has 96 valence electrons. The number of rotatable bonds is 4. The molecule has 0 unspecified atom stereocenters. The predicted molar refractivity (Wildman–Crippen MR) is 85.4 cm³/mol. The molecule has 0 aliphatic rings. The number of fused-ring (bicyclic) bond motifs is 1. The zero-order chi connectivity index (χ0) is 13.7. The summed E-state index contributed by atoms with van der Waals surface area (Å²) in [6.45, 7) is 5.78. The van der Waals surface area contributed by atoms with Crippen LogP contribution >= 0.6 is 0 Å². The molecule has 1 nitrogen and oxygen atoms in total. The van der Waals surface area contributed by atoms with Gasteiger partial charge in [-0.1, -0.05) is 61.2 Å². The molecule has 2 rings (SSSR count). The first-order valence-electron chi connectivity index (χ1n) is 6.41. The van der Waals surface area contributed by atoms with Gasteiger partial charge in [-0.3, -0.25) is 0 Å². The van der Waals surface area contributed by atoms with Crippen LogP contribution in [0.2, 0.25) is 0 Å². The van der Waals surface area contributed by atoms with Crippen molar-refractivity contribution in [1.29, 1.82) is 0 Å². The first-order valence-corrected chi connectivity index (χ1v) is 6.41. The van der Waals surface area contributed by atoms with Gasteiger partial charge in [-0.2, -0.15) is 0 Å². The summed E-state index contributed by atoms with van der Waals surface area (Å²) in [5, 5.41) is 2.54. The Morgan fingerprint density at radius 3 is 2.58 bits per heavy atom. The van der Waals surface area contributed by atoms with Crippen LogP contribution in [0.1, 0.15) is 6.92 Å². The molecule has 0 radical (unpaired) electrons. The van der Waals surface area contributed by atoms with Crippen molar-refractivity contribution in [2.45, 2.75) is 6.92 Å². The van der Waals surface area contributed by atoms with Crippen molar-refractivity contribution in [3.8, 4) is 0 Å². The highest BCUT2D eigenvalue weighted by atomic mass is 15.1. The van der Waals surface area contributed by atoms with Gasteiger partial charge in [0.15, 0.2) is 0 Å². The van der Waals surface area contributed by atoms with Crippen LogP contribution in [0.15, 0.2) is 79.0 Å².